The Bertz CT molecular complexity index is 253. The Labute approximate surface area is 78.0 Å². The van der Waals surface area contributed by atoms with Crippen LogP contribution >= 0.6 is 11.9 Å². The minimum Gasteiger partial charge on any atom is -0.305 e. The summed E-state index contributed by atoms with van der Waals surface area (Å²) in [5.74, 6) is 0.0829. The molecule has 0 aliphatic heterocycles. The van der Waals surface area contributed by atoms with E-state index in [0.717, 1.165) is 4.90 Å². The highest BCUT2D eigenvalue weighted by molar-refractivity contribution is 7.98. The third-order valence-corrected chi connectivity index (χ3v) is 2.49. The molecule has 0 bridgehead atoms. The summed E-state index contributed by atoms with van der Waals surface area (Å²) in [4.78, 5) is 1.03. The van der Waals surface area contributed by atoms with Gasteiger partial charge in [0.25, 0.3) is 0 Å². The van der Waals surface area contributed by atoms with E-state index in [1.165, 1.54) is 11.9 Å². The maximum absolute atomic E-state index is 10.2. The first-order valence-electron chi connectivity index (χ1n) is 3.31. The molecule has 1 aromatic carbocycles. The lowest BCUT2D eigenvalue weighted by atomic mass is 10.4. The van der Waals surface area contributed by atoms with E-state index in [1.54, 1.807) is 0 Å². The maximum Gasteiger partial charge on any atom is 0.168 e. The van der Waals surface area contributed by atoms with Crippen LogP contribution in [0.1, 0.15) is 0 Å². The zero-order valence-electron chi connectivity index (χ0n) is 6.27. The summed E-state index contributed by atoms with van der Waals surface area (Å²) in [6, 6.07) is 9.62. The van der Waals surface area contributed by atoms with Crippen molar-refractivity contribution in [3.05, 3.63) is 30.3 Å². The highest BCUT2D eigenvalue weighted by Gasteiger charge is 1.93. The van der Waals surface area contributed by atoms with Gasteiger partial charge in [-0.2, -0.15) is 0 Å². The lowest BCUT2D eigenvalue weighted by molar-refractivity contribution is 0.563. The standard InChI is InChI=1S/C7H9NO2S2/c9-12(10)6-8-11-7-4-2-1-3-5-7/h1-5,8H,6H2,(H,9,10). The van der Waals surface area contributed by atoms with Crippen LogP contribution in [-0.2, 0) is 11.1 Å². The first-order chi connectivity index (χ1) is 5.79. The third-order valence-electron chi connectivity index (χ3n) is 1.12. The predicted molar refractivity (Wildman–Crippen MR) is 51.1 cm³/mol. The van der Waals surface area contributed by atoms with Crippen LogP contribution < -0.4 is 4.72 Å². The summed E-state index contributed by atoms with van der Waals surface area (Å²) in [5.41, 5.74) is 0. The van der Waals surface area contributed by atoms with Crippen molar-refractivity contribution in [3.8, 4) is 0 Å². The Hall–Kier alpha value is -0.360. The van der Waals surface area contributed by atoms with Crippen molar-refractivity contribution < 1.29 is 8.76 Å². The topological polar surface area (TPSA) is 49.3 Å². The van der Waals surface area contributed by atoms with E-state index in [2.05, 4.69) is 4.72 Å². The number of hydrogen-bond acceptors (Lipinski definition) is 3. The van der Waals surface area contributed by atoms with Crippen molar-refractivity contribution in [2.45, 2.75) is 4.90 Å². The Morgan fingerprint density at radius 2 is 2.08 bits per heavy atom. The van der Waals surface area contributed by atoms with Gasteiger partial charge in [-0.05, 0) is 24.1 Å². The molecule has 0 amide bonds. The molecule has 0 spiro atoms. The van der Waals surface area contributed by atoms with Crippen LogP contribution in [0, 0.1) is 0 Å². The van der Waals surface area contributed by atoms with E-state index >= 15 is 0 Å². The van der Waals surface area contributed by atoms with Gasteiger partial charge in [-0.15, -0.1) is 0 Å². The molecule has 0 saturated carbocycles. The summed E-state index contributed by atoms with van der Waals surface area (Å²) in [7, 11) is 0. The van der Waals surface area contributed by atoms with E-state index in [4.69, 9.17) is 4.55 Å². The molecular weight excluding hydrogens is 194 g/mol. The maximum atomic E-state index is 10.2. The molecular formula is C7H9NO2S2. The average Bonchev–Trinajstić information content (AvgIpc) is 2.05. The molecule has 1 atom stereocenters. The van der Waals surface area contributed by atoms with Crippen molar-refractivity contribution in [2.24, 2.45) is 0 Å². The number of rotatable bonds is 4. The summed E-state index contributed by atoms with van der Waals surface area (Å²) in [5, 5.41) is 0. The molecule has 0 aliphatic carbocycles. The minimum absolute atomic E-state index is 0.0829. The number of nitrogens with one attached hydrogen (secondary N) is 1. The fourth-order valence-electron chi connectivity index (χ4n) is 0.652. The Kier molecular flexibility index (Phi) is 4.31. The molecule has 0 aromatic heterocycles. The van der Waals surface area contributed by atoms with Gasteiger partial charge in [0, 0.05) is 4.90 Å². The Morgan fingerprint density at radius 3 is 2.67 bits per heavy atom. The molecule has 5 heteroatoms. The zero-order chi connectivity index (χ0) is 8.81. The fourth-order valence-corrected chi connectivity index (χ4v) is 1.75. The smallest absolute Gasteiger partial charge is 0.168 e. The van der Waals surface area contributed by atoms with Gasteiger partial charge in [0.15, 0.2) is 11.1 Å². The summed E-state index contributed by atoms with van der Waals surface area (Å²) in [6.07, 6.45) is 0. The van der Waals surface area contributed by atoms with E-state index in [-0.39, 0.29) is 5.88 Å². The molecule has 1 rings (SSSR count). The Morgan fingerprint density at radius 1 is 1.42 bits per heavy atom. The molecule has 0 fully saturated rings. The van der Waals surface area contributed by atoms with Crippen LogP contribution in [0.15, 0.2) is 35.2 Å². The van der Waals surface area contributed by atoms with Crippen molar-refractivity contribution >= 4 is 23.0 Å². The van der Waals surface area contributed by atoms with Gasteiger partial charge in [-0.3, -0.25) is 0 Å². The molecule has 0 saturated heterocycles. The van der Waals surface area contributed by atoms with Crippen LogP contribution in [0.4, 0.5) is 0 Å². The molecule has 1 unspecified atom stereocenters. The van der Waals surface area contributed by atoms with Crippen molar-refractivity contribution in [1.29, 1.82) is 0 Å². The second kappa shape index (κ2) is 5.31. The normalized spacial score (nSPS) is 12.8. The van der Waals surface area contributed by atoms with Crippen LogP contribution in [0.3, 0.4) is 0 Å². The van der Waals surface area contributed by atoms with Gasteiger partial charge >= 0.3 is 0 Å². The van der Waals surface area contributed by atoms with Crippen LogP contribution in [-0.4, -0.2) is 14.6 Å². The first kappa shape index (κ1) is 9.73. The van der Waals surface area contributed by atoms with Gasteiger partial charge in [0.05, 0.1) is 0 Å². The highest BCUT2D eigenvalue weighted by Crippen LogP contribution is 2.12. The van der Waals surface area contributed by atoms with Gasteiger partial charge in [0.1, 0.15) is 5.88 Å². The SMILES string of the molecule is O=S(O)CNSc1ccccc1. The average molecular weight is 203 g/mol. The molecule has 2 N–H and O–H groups in total. The number of benzene rings is 1. The van der Waals surface area contributed by atoms with Crippen LogP contribution in [0.5, 0.6) is 0 Å². The predicted octanol–water partition coefficient (Wildman–Crippen LogP) is 1.46. The van der Waals surface area contributed by atoms with E-state index in [0.29, 0.717) is 0 Å². The van der Waals surface area contributed by atoms with E-state index < -0.39 is 11.1 Å². The summed E-state index contributed by atoms with van der Waals surface area (Å²) < 4.78 is 21.4. The highest BCUT2D eigenvalue weighted by atomic mass is 32.2. The second-order valence-corrected chi connectivity index (χ2v) is 3.92. The molecule has 0 aliphatic rings. The molecule has 0 radical (unpaired) electrons. The molecule has 1 aromatic rings. The van der Waals surface area contributed by atoms with E-state index in [9.17, 15) is 4.21 Å². The van der Waals surface area contributed by atoms with Gasteiger partial charge in [0.2, 0.25) is 0 Å². The molecule has 0 heterocycles. The van der Waals surface area contributed by atoms with Crippen molar-refractivity contribution in [3.63, 3.8) is 0 Å². The van der Waals surface area contributed by atoms with E-state index in [1.807, 2.05) is 30.3 Å². The first-order valence-corrected chi connectivity index (χ1v) is 5.40. The van der Waals surface area contributed by atoms with Crippen molar-refractivity contribution in [1.82, 2.24) is 4.72 Å². The quantitative estimate of drug-likeness (QED) is 0.574. The number of hydrogen-bond donors (Lipinski definition) is 2. The molecule has 66 valence electrons. The summed E-state index contributed by atoms with van der Waals surface area (Å²) >= 11 is -0.425. The minimum atomic E-state index is -1.77. The molecule has 12 heavy (non-hydrogen) atoms. The lowest BCUT2D eigenvalue weighted by Crippen LogP contribution is -2.10. The van der Waals surface area contributed by atoms with Gasteiger partial charge in [-0.25, -0.2) is 8.93 Å². The van der Waals surface area contributed by atoms with Crippen LogP contribution in [0.25, 0.3) is 0 Å². The summed E-state index contributed by atoms with van der Waals surface area (Å²) in [6.45, 7) is 0. The fraction of sp³-hybridized carbons (Fsp3) is 0.143. The monoisotopic (exact) mass is 203 g/mol. The largest absolute Gasteiger partial charge is 0.305 e. The third kappa shape index (κ3) is 3.87. The van der Waals surface area contributed by atoms with Crippen LogP contribution in [0.2, 0.25) is 0 Å². The Balaban J connectivity index is 2.29. The van der Waals surface area contributed by atoms with Gasteiger partial charge < -0.3 is 4.55 Å². The van der Waals surface area contributed by atoms with Crippen molar-refractivity contribution in [2.75, 3.05) is 5.88 Å². The second-order valence-electron chi connectivity index (χ2n) is 2.03. The zero-order valence-corrected chi connectivity index (χ0v) is 7.90. The lowest BCUT2D eigenvalue weighted by Gasteiger charge is -1.99. The molecule has 3 nitrogen and oxygen atoms in total. The van der Waals surface area contributed by atoms with Gasteiger partial charge in [-0.1, -0.05) is 18.2 Å².